The molecule has 3 rings (SSSR count). The van der Waals surface area contributed by atoms with Crippen LogP contribution < -0.4 is 14.8 Å². The molecule has 0 unspecified atom stereocenters. The maximum absolute atomic E-state index is 12.8. The number of nitrogens with one attached hydrogen (secondary N) is 2. The smallest absolute Gasteiger partial charge is 0.261 e. The van der Waals surface area contributed by atoms with Gasteiger partial charge >= 0.3 is 0 Å². The molecule has 2 aromatic carbocycles. The summed E-state index contributed by atoms with van der Waals surface area (Å²) in [4.78, 5) is 15.0. The summed E-state index contributed by atoms with van der Waals surface area (Å²) < 4.78 is 35.3. The highest BCUT2D eigenvalue weighted by atomic mass is 32.2. The lowest BCUT2D eigenvalue weighted by Crippen LogP contribution is -2.27. The Morgan fingerprint density at radius 1 is 1.06 bits per heavy atom. The fourth-order valence-electron chi connectivity index (χ4n) is 3.34. The molecule has 0 fully saturated rings. The van der Waals surface area contributed by atoms with Crippen LogP contribution in [0.25, 0.3) is 0 Å². The number of carbonyl (C=O) groups excluding carboxylic acids is 1. The summed E-state index contributed by atoms with van der Waals surface area (Å²) in [5.74, 6) is 0.238. The second-order valence-corrected chi connectivity index (χ2v) is 9.25. The van der Waals surface area contributed by atoms with E-state index >= 15 is 0 Å². The zero-order chi connectivity index (χ0) is 24.6. The lowest BCUT2D eigenvalue weighted by Gasteiger charge is -2.17. The predicted molar refractivity (Wildman–Crippen MR) is 133 cm³/mol. The van der Waals surface area contributed by atoms with Crippen molar-refractivity contribution in [3.63, 3.8) is 0 Å². The Morgan fingerprint density at radius 3 is 2.47 bits per heavy atom. The predicted octanol–water partition coefficient (Wildman–Crippen LogP) is 3.68. The molecule has 0 atom stereocenters. The normalized spacial score (nSPS) is 11.4. The molecule has 1 heterocycles. The number of amides is 1. The van der Waals surface area contributed by atoms with Gasteiger partial charge in [0.2, 0.25) is 0 Å². The summed E-state index contributed by atoms with van der Waals surface area (Å²) in [5.41, 5.74) is 1.17. The number of rotatable bonds is 12. The van der Waals surface area contributed by atoms with E-state index in [0.717, 1.165) is 19.6 Å². The summed E-state index contributed by atoms with van der Waals surface area (Å²) in [6.07, 6.45) is 3.34. The van der Waals surface area contributed by atoms with Gasteiger partial charge in [0.1, 0.15) is 5.75 Å². The molecule has 0 aliphatic rings. The van der Waals surface area contributed by atoms with Crippen molar-refractivity contribution in [2.45, 2.75) is 32.2 Å². The number of hydrogen-bond donors (Lipinski definition) is 2. The first-order valence-corrected chi connectivity index (χ1v) is 12.7. The highest BCUT2D eigenvalue weighted by molar-refractivity contribution is 7.92. The van der Waals surface area contributed by atoms with E-state index in [0.29, 0.717) is 30.3 Å². The van der Waals surface area contributed by atoms with Crippen LogP contribution in [0.5, 0.6) is 5.75 Å². The van der Waals surface area contributed by atoms with Gasteiger partial charge in [0.15, 0.2) is 0 Å². The van der Waals surface area contributed by atoms with Crippen LogP contribution >= 0.6 is 0 Å². The van der Waals surface area contributed by atoms with Crippen molar-refractivity contribution < 1.29 is 17.9 Å². The topological polar surface area (TPSA) is 106 Å². The van der Waals surface area contributed by atoms with Crippen LogP contribution in [0.15, 0.2) is 65.8 Å². The van der Waals surface area contributed by atoms with E-state index in [2.05, 4.69) is 33.9 Å². The van der Waals surface area contributed by atoms with Gasteiger partial charge in [0, 0.05) is 24.0 Å². The lowest BCUT2D eigenvalue weighted by atomic mass is 10.2. The molecule has 182 valence electrons. The SMILES string of the molecule is CCOc1ccc(NS(=O)(=O)c2cccc(C(=O)Nc3cnn(CCN(CC)CC)c3)c2)cc1. The van der Waals surface area contributed by atoms with Crippen molar-refractivity contribution >= 4 is 27.3 Å². The summed E-state index contributed by atoms with van der Waals surface area (Å²) in [7, 11) is -3.88. The largest absolute Gasteiger partial charge is 0.494 e. The number of aromatic nitrogens is 2. The number of anilines is 2. The van der Waals surface area contributed by atoms with Gasteiger partial charge in [-0.25, -0.2) is 8.42 Å². The molecule has 9 nitrogen and oxygen atoms in total. The van der Waals surface area contributed by atoms with Crippen LogP contribution in [0, 0.1) is 0 Å². The first-order chi connectivity index (χ1) is 16.3. The molecule has 0 aliphatic heterocycles. The molecule has 1 aromatic heterocycles. The Labute approximate surface area is 200 Å². The Kier molecular flexibility index (Phi) is 8.67. The second-order valence-electron chi connectivity index (χ2n) is 7.56. The van der Waals surface area contributed by atoms with Crippen molar-refractivity contribution in [3.05, 3.63) is 66.5 Å². The lowest BCUT2D eigenvalue weighted by molar-refractivity contribution is 0.102. The second kappa shape index (κ2) is 11.7. The monoisotopic (exact) mass is 485 g/mol. The number of ether oxygens (including phenoxy) is 1. The van der Waals surface area contributed by atoms with Crippen molar-refractivity contribution in [2.24, 2.45) is 0 Å². The van der Waals surface area contributed by atoms with Crippen molar-refractivity contribution in [3.8, 4) is 5.75 Å². The molecule has 2 N–H and O–H groups in total. The fourth-order valence-corrected chi connectivity index (χ4v) is 4.45. The minimum Gasteiger partial charge on any atom is -0.494 e. The molecule has 0 saturated heterocycles. The van der Waals surface area contributed by atoms with Crippen LogP contribution in [0.2, 0.25) is 0 Å². The maximum Gasteiger partial charge on any atom is 0.261 e. The van der Waals surface area contributed by atoms with Crippen LogP contribution in [0.3, 0.4) is 0 Å². The van der Waals surface area contributed by atoms with E-state index in [-0.39, 0.29) is 10.5 Å². The average Bonchev–Trinajstić information content (AvgIpc) is 3.28. The minimum atomic E-state index is -3.88. The first-order valence-electron chi connectivity index (χ1n) is 11.3. The standard InChI is InChI=1S/C24H31N5O4S/c1-4-28(5-2)14-15-29-18-21(17-25-29)26-24(30)19-8-7-9-23(16-19)34(31,32)27-20-10-12-22(13-11-20)33-6-3/h7-13,16-18,27H,4-6,14-15H2,1-3H3,(H,26,30). The molecule has 3 aromatic rings. The van der Waals surface area contributed by atoms with Crippen LogP contribution in [-0.4, -0.2) is 55.2 Å². The highest BCUT2D eigenvalue weighted by Crippen LogP contribution is 2.20. The molecule has 0 spiro atoms. The Hall–Kier alpha value is -3.37. The number of likely N-dealkylation sites (N-methyl/N-ethyl adjacent to an activating group) is 1. The molecule has 10 heteroatoms. The fraction of sp³-hybridized carbons (Fsp3) is 0.333. The van der Waals surface area contributed by atoms with Gasteiger partial charge in [0.05, 0.1) is 29.9 Å². The van der Waals surface area contributed by atoms with Gasteiger partial charge in [-0.15, -0.1) is 0 Å². The van der Waals surface area contributed by atoms with Gasteiger partial charge in [-0.2, -0.15) is 5.10 Å². The summed E-state index contributed by atoms with van der Waals surface area (Å²) in [5, 5.41) is 7.06. The molecule has 0 saturated carbocycles. The Balaban J connectivity index is 1.65. The number of hydrogen-bond acceptors (Lipinski definition) is 6. The van der Waals surface area contributed by atoms with Crippen molar-refractivity contribution in [1.29, 1.82) is 0 Å². The summed E-state index contributed by atoms with van der Waals surface area (Å²) in [6.45, 7) is 10.1. The third kappa shape index (κ3) is 6.82. The maximum atomic E-state index is 12.8. The first kappa shape index (κ1) is 25.3. The van der Waals surface area contributed by atoms with Crippen LogP contribution in [-0.2, 0) is 16.6 Å². The molecule has 34 heavy (non-hydrogen) atoms. The number of sulfonamides is 1. The molecular weight excluding hydrogens is 454 g/mol. The van der Waals surface area contributed by atoms with Crippen LogP contribution in [0.1, 0.15) is 31.1 Å². The molecule has 0 bridgehead atoms. The minimum absolute atomic E-state index is 0.0102. The van der Waals surface area contributed by atoms with E-state index < -0.39 is 15.9 Å². The van der Waals surface area contributed by atoms with E-state index in [1.165, 1.54) is 18.2 Å². The van der Waals surface area contributed by atoms with Crippen LogP contribution in [0.4, 0.5) is 11.4 Å². The molecule has 1 amide bonds. The molecule has 0 aliphatic carbocycles. The zero-order valence-corrected chi connectivity index (χ0v) is 20.5. The van der Waals surface area contributed by atoms with Crippen molar-refractivity contribution in [1.82, 2.24) is 14.7 Å². The summed E-state index contributed by atoms with van der Waals surface area (Å²) in [6, 6.07) is 12.5. The zero-order valence-electron chi connectivity index (χ0n) is 19.7. The van der Waals surface area contributed by atoms with E-state index in [1.54, 1.807) is 47.4 Å². The average molecular weight is 486 g/mol. The van der Waals surface area contributed by atoms with Gasteiger partial charge in [-0.3, -0.25) is 14.2 Å². The van der Waals surface area contributed by atoms with E-state index in [1.807, 2.05) is 6.92 Å². The van der Waals surface area contributed by atoms with Gasteiger partial charge in [-0.05, 0) is 62.5 Å². The highest BCUT2D eigenvalue weighted by Gasteiger charge is 2.17. The quantitative estimate of drug-likeness (QED) is 0.405. The third-order valence-electron chi connectivity index (χ3n) is 5.25. The van der Waals surface area contributed by atoms with E-state index in [9.17, 15) is 13.2 Å². The third-order valence-corrected chi connectivity index (χ3v) is 6.63. The number of nitrogens with zero attached hydrogens (tertiary/aromatic N) is 3. The van der Waals surface area contributed by atoms with Gasteiger partial charge in [-0.1, -0.05) is 19.9 Å². The number of carbonyl (C=O) groups is 1. The number of benzene rings is 2. The van der Waals surface area contributed by atoms with E-state index in [4.69, 9.17) is 4.74 Å². The Morgan fingerprint density at radius 2 is 1.79 bits per heavy atom. The van der Waals surface area contributed by atoms with Gasteiger partial charge < -0.3 is 15.0 Å². The molecule has 0 radical (unpaired) electrons. The molecular formula is C24H31N5O4S. The van der Waals surface area contributed by atoms with Crippen molar-refractivity contribution in [2.75, 3.05) is 36.3 Å². The van der Waals surface area contributed by atoms with Gasteiger partial charge in [0.25, 0.3) is 15.9 Å². The summed E-state index contributed by atoms with van der Waals surface area (Å²) >= 11 is 0. The Bertz CT molecular complexity index is 1190.